The Balaban J connectivity index is 0.000000345. The molecule has 3 rings (SSSR count). The number of aromatic amines is 1. The molecule has 154 valence electrons. The zero-order chi connectivity index (χ0) is 20.7. The number of benzene rings is 1. The molecule has 1 fully saturated rings. The highest BCUT2D eigenvalue weighted by atomic mass is 35.5. The van der Waals surface area contributed by atoms with Crippen LogP contribution in [-0.2, 0) is 11.3 Å². The molecule has 1 aliphatic heterocycles. The average molecular weight is 419 g/mol. The second-order valence-corrected chi connectivity index (χ2v) is 6.90. The van der Waals surface area contributed by atoms with E-state index < -0.39 is 12.1 Å². The Labute approximate surface area is 165 Å². The van der Waals surface area contributed by atoms with Gasteiger partial charge < -0.3 is 15.3 Å². The highest BCUT2D eigenvalue weighted by Gasteiger charge is 2.38. The molecule has 0 bridgehead atoms. The number of hydrogen-bond acceptors (Lipinski definition) is 4. The van der Waals surface area contributed by atoms with E-state index in [-0.39, 0.29) is 0 Å². The minimum atomic E-state index is -5.08. The number of carboxylic acids is 1. The molecule has 2 heterocycles. The molecule has 0 radical (unpaired) electrons. The van der Waals surface area contributed by atoms with Gasteiger partial charge in [-0.15, -0.1) is 0 Å². The largest absolute Gasteiger partial charge is 0.490 e. The first-order valence-corrected chi connectivity index (χ1v) is 9.08. The summed E-state index contributed by atoms with van der Waals surface area (Å²) >= 11 is 5.94. The maximum Gasteiger partial charge on any atom is 0.490 e. The molecule has 0 unspecified atom stereocenters. The number of hydrogen-bond donors (Lipinski definition) is 3. The van der Waals surface area contributed by atoms with E-state index in [1.54, 1.807) is 0 Å². The van der Waals surface area contributed by atoms with E-state index in [1.165, 1.54) is 5.69 Å². The monoisotopic (exact) mass is 418 g/mol. The van der Waals surface area contributed by atoms with Crippen molar-refractivity contribution in [3.63, 3.8) is 0 Å². The molecule has 2 aromatic rings. The molecule has 1 aromatic carbocycles. The van der Waals surface area contributed by atoms with Gasteiger partial charge in [-0.05, 0) is 50.1 Å². The van der Waals surface area contributed by atoms with Gasteiger partial charge in [0.2, 0.25) is 0 Å². The van der Waals surface area contributed by atoms with Crippen molar-refractivity contribution in [3.8, 4) is 0 Å². The third-order valence-corrected chi connectivity index (χ3v) is 4.51. The predicted molar refractivity (Wildman–Crippen MR) is 101 cm³/mol. The second-order valence-electron chi connectivity index (χ2n) is 6.46. The van der Waals surface area contributed by atoms with Gasteiger partial charge in [0, 0.05) is 42.1 Å². The second kappa shape index (κ2) is 9.79. The van der Waals surface area contributed by atoms with Gasteiger partial charge >= 0.3 is 12.1 Å². The molecule has 0 atom stereocenters. The number of halogens is 4. The molecule has 0 amide bonds. The van der Waals surface area contributed by atoms with Crippen LogP contribution in [0, 0.1) is 6.92 Å². The van der Waals surface area contributed by atoms with E-state index in [1.807, 2.05) is 19.1 Å². The van der Waals surface area contributed by atoms with Gasteiger partial charge in [0.25, 0.3) is 0 Å². The van der Waals surface area contributed by atoms with Crippen LogP contribution in [0.25, 0.3) is 0 Å². The molecule has 0 spiro atoms. The van der Waals surface area contributed by atoms with Crippen molar-refractivity contribution in [2.24, 2.45) is 0 Å². The molecular weight excluding hydrogens is 397 g/mol. The van der Waals surface area contributed by atoms with E-state index >= 15 is 0 Å². The van der Waals surface area contributed by atoms with Crippen molar-refractivity contribution in [1.29, 1.82) is 0 Å². The van der Waals surface area contributed by atoms with E-state index in [0.29, 0.717) is 6.04 Å². The number of aliphatic carboxylic acids is 1. The number of nitrogens with zero attached hydrogens (tertiary/aromatic N) is 2. The lowest BCUT2D eigenvalue weighted by Gasteiger charge is -2.34. The Morgan fingerprint density at radius 2 is 1.89 bits per heavy atom. The molecular formula is C18H22ClF3N4O2. The van der Waals surface area contributed by atoms with Crippen LogP contribution in [0.2, 0.25) is 5.02 Å². The van der Waals surface area contributed by atoms with Crippen LogP contribution in [0.1, 0.15) is 24.2 Å². The van der Waals surface area contributed by atoms with Gasteiger partial charge in [0.15, 0.2) is 0 Å². The molecule has 28 heavy (non-hydrogen) atoms. The topological polar surface area (TPSA) is 81.2 Å². The summed E-state index contributed by atoms with van der Waals surface area (Å²) in [5.74, 6) is -2.76. The van der Waals surface area contributed by atoms with Gasteiger partial charge in [-0.25, -0.2) is 4.79 Å². The van der Waals surface area contributed by atoms with Crippen LogP contribution in [0.4, 0.5) is 18.9 Å². The van der Waals surface area contributed by atoms with Gasteiger partial charge in [-0.3, -0.25) is 5.10 Å². The summed E-state index contributed by atoms with van der Waals surface area (Å²) in [7, 11) is 0. The van der Waals surface area contributed by atoms with E-state index in [0.717, 1.165) is 48.9 Å². The van der Waals surface area contributed by atoms with Crippen LogP contribution < -0.4 is 10.2 Å². The maximum absolute atomic E-state index is 10.6. The number of aromatic nitrogens is 2. The minimum absolute atomic E-state index is 0.575. The summed E-state index contributed by atoms with van der Waals surface area (Å²) in [5.41, 5.74) is 3.47. The number of carbonyl (C=O) groups is 1. The zero-order valence-corrected chi connectivity index (χ0v) is 16.0. The van der Waals surface area contributed by atoms with Crippen molar-refractivity contribution >= 4 is 23.3 Å². The summed E-state index contributed by atoms with van der Waals surface area (Å²) in [5, 5.41) is 18.8. The van der Waals surface area contributed by atoms with Gasteiger partial charge in [-0.1, -0.05) is 11.6 Å². The number of piperidine rings is 1. The summed E-state index contributed by atoms with van der Waals surface area (Å²) in [6.45, 7) is 5.04. The summed E-state index contributed by atoms with van der Waals surface area (Å²) in [6, 6.07) is 10.8. The van der Waals surface area contributed by atoms with Gasteiger partial charge in [0.05, 0.1) is 5.69 Å². The molecule has 1 aliphatic rings. The Morgan fingerprint density at radius 3 is 2.36 bits per heavy atom. The lowest BCUT2D eigenvalue weighted by atomic mass is 10.0. The normalized spacial score (nSPS) is 15.1. The molecule has 0 aliphatic carbocycles. The first-order chi connectivity index (χ1) is 13.1. The lowest BCUT2D eigenvalue weighted by molar-refractivity contribution is -0.192. The Bertz CT molecular complexity index is 757. The summed E-state index contributed by atoms with van der Waals surface area (Å²) in [4.78, 5) is 11.3. The van der Waals surface area contributed by atoms with Crippen molar-refractivity contribution in [2.75, 3.05) is 18.0 Å². The third-order valence-electron chi connectivity index (χ3n) is 4.26. The average Bonchev–Trinajstić information content (AvgIpc) is 3.06. The van der Waals surface area contributed by atoms with Crippen LogP contribution in [-0.4, -0.2) is 46.6 Å². The predicted octanol–water partition coefficient (Wildman–Crippen LogP) is 3.76. The van der Waals surface area contributed by atoms with Crippen molar-refractivity contribution < 1.29 is 23.1 Å². The number of H-pyrrole nitrogens is 1. The van der Waals surface area contributed by atoms with E-state index in [4.69, 9.17) is 21.5 Å². The first-order valence-electron chi connectivity index (χ1n) is 8.70. The Morgan fingerprint density at radius 1 is 1.32 bits per heavy atom. The van der Waals surface area contributed by atoms with E-state index in [2.05, 4.69) is 38.6 Å². The SMILES string of the molecule is Cc1cc(CNC2CCN(c3ccc(Cl)cc3)CC2)n[nH]1.O=C(O)C(F)(F)F. The molecule has 10 heteroatoms. The van der Waals surface area contributed by atoms with E-state index in [9.17, 15) is 13.2 Å². The molecule has 3 N–H and O–H groups in total. The first kappa shape index (κ1) is 22.0. The Kier molecular flexibility index (Phi) is 7.70. The van der Waals surface area contributed by atoms with Crippen LogP contribution in [0.15, 0.2) is 30.3 Å². The fraction of sp³-hybridized carbons (Fsp3) is 0.444. The highest BCUT2D eigenvalue weighted by molar-refractivity contribution is 6.30. The van der Waals surface area contributed by atoms with Crippen LogP contribution in [0.5, 0.6) is 0 Å². The van der Waals surface area contributed by atoms with Crippen molar-refractivity contribution in [1.82, 2.24) is 15.5 Å². The molecule has 1 aromatic heterocycles. The lowest BCUT2D eigenvalue weighted by Crippen LogP contribution is -2.42. The summed E-state index contributed by atoms with van der Waals surface area (Å²) in [6.07, 6.45) is -2.77. The van der Waals surface area contributed by atoms with Crippen LogP contribution in [0.3, 0.4) is 0 Å². The number of aryl methyl sites for hydroxylation is 1. The third kappa shape index (κ3) is 7.05. The molecule has 0 saturated carbocycles. The van der Waals surface area contributed by atoms with Crippen LogP contribution >= 0.6 is 11.6 Å². The minimum Gasteiger partial charge on any atom is -0.475 e. The Hall–Kier alpha value is -2.26. The highest BCUT2D eigenvalue weighted by Crippen LogP contribution is 2.22. The number of rotatable bonds is 4. The standard InChI is InChI=1S/C16H21ClN4.C2HF3O2/c1-12-10-15(20-19-12)11-18-14-6-8-21(9-7-14)16-4-2-13(17)3-5-16;3-2(4,5)1(6)7/h2-5,10,14,18H,6-9,11H2,1H3,(H,19,20);(H,6,7). The van der Waals surface area contributed by atoms with Gasteiger partial charge in [0.1, 0.15) is 0 Å². The van der Waals surface area contributed by atoms with Crippen molar-refractivity contribution in [3.05, 3.63) is 46.7 Å². The molecule has 6 nitrogen and oxygen atoms in total. The quantitative estimate of drug-likeness (QED) is 0.704. The number of nitrogens with one attached hydrogen (secondary N) is 2. The number of alkyl halides is 3. The van der Waals surface area contributed by atoms with Gasteiger partial charge in [-0.2, -0.15) is 18.3 Å². The van der Waals surface area contributed by atoms with Crippen molar-refractivity contribution in [2.45, 2.75) is 38.5 Å². The number of carboxylic acid groups (broad SMARTS) is 1. The zero-order valence-electron chi connectivity index (χ0n) is 15.3. The maximum atomic E-state index is 10.6. The smallest absolute Gasteiger partial charge is 0.475 e. The fourth-order valence-electron chi connectivity index (χ4n) is 2.81. The summed E-state index contributed by atoms with van der Waals surface area (Å²) < 4.78 is 31.7. The number of anilines is 1. The molecule has 1 saturated heterocycles. The fourth-order valence-corrected chi connectivity index (χ4v) is 2.93.